The second-order valence-corrected chi connectivity index (χ2v) is 4.80. The van der Waals surface area contributed by atoms with E-state index in [9.17, 15) is 18.4 Å². The van der Waals surface area contributed by atoms with Crippen molar-refractivity contribution in [2.45, 2.75) is 13.3 Å². The summed E-state index contributed by atoms with van der Waals surface area (Å²) in [6.07, 6.45) is 0.884. The maximum atomic E-state index is 13.4. The summed E-state index contributed by atoms with van der Waals surface area (Å²) in [5.41, 5.74) is 1.27. The van der Waals surface area contributed by atoms with E-state index in [0.717, 1.165) is 24.1 Å². The summed E-state index contributed by atoms with van der Waals surface area (Å²) in [5.74, 6) is -3.41. The Morgan fingerprint density at radius 2 is 1.78 bits per heavy atom. The summed E-state index contributed by atoms with van der Waals surface area (Å²) >= 11 is 0. The van der Waals surface area contributed by atoms with E-state index >= 15 is 0 Å². The Hall–Kier alpha value is -2.76. The predicted molar refractivity (Wildman–Crippen MR) is 81.1 cm³/mol. The lowest BCUT2D eigenvalue weighted by Crippen LogP contribution is -2.21. The highest BCUT2D eigenvalue weighted by molar-refractivity contribution is 5.95. The molecular formula is C17H15F2NO3. The lowest BCUT2D eigenvalue weighted by Gasteiger charge is -2.07. The molecule has 0 unspecified atom stereocenters. The van der Waals surface area contributed by atoms with Gasteiger partial charge in [-0.3, -0.25) is 4.79 Å². The molecule has 0 aromatic heterocycles. The van der Waals surface area contributed by atoms with Gasteiger partial charge in [0.05, 0.1) is 5.56 Å². The third kappa shape index (κ3) is 4.60. The van der Waals surface area contributed by atoms with Crippen LogP contribution in [0.3, 0.4) is 0 Å². The van der Waals surface area contributed by atoms with Crippen LogP contribution in [0.2, 0.25) is 0 Å². The van der Waals surface area contributed by atoms with E-state index in [2.05, 4.69) is 5.32 Å². The van der Waals surface area contributed by atoms with Crippen molar-refractivity contribution in [2.75, 3.05) is 11.9 Å². The van der Waals surface area contributed by atoms with Gasteiger partial charge < -0.3 is 10.1 Å². The van der Waals surface area contributed by atoms with Crippen LogP contribution in [0.15, 0.2) is 42.5 Å². The molecule has 2 aromatic rings. The summed E-state index contributed by atoms with van der Waals surface area (Å²) in [4.78, 5) is 23.4. The van der Waals surface area contributed by atoms with Crippen LogP contribution in [-0.4, -0.2) is 18.5 Å². The minimum atomic E-state index is -1.04. The molecule has 1 amide bonds. The molecule has 0 saturated heterocycles. The SMILES string of the molecule is CCc1ccc(NC(=O)COC(=O)c2ccc(F)cc2F)cc1. The van der Waals surface area contributed by atoms with Crippen LogP contribution < -0.4 is 5.32 Å². The Labute approximate surface area is 132 Å². The average molecular weight is 319 g/mol. The molecule has 2 rings (SSSR count). The first-order chi connectivity index (χ1) is 11.0. The Bertz CT molecular complexity index is 714. The number of nitrogens with one attached hydrogen (secondary N) is 1. The largest absolute Gasteiger partial charge is 0.452 e. The third-order valence-electron chi connectivity index (χ3n) is 3.13. The van der Waals surface area contributed by atoms with Crippen LogP contribution in [0.25, 0.3) is 0 Å². The van der Waals surface area contributed by atoms with E-state index in [1.807, 2.05) is 19.1 Å². The third-order valence-corrected chi connectivity index (χ3v) is 3.13. The monoisotopic (exact) mass is 319 g/mol. The number of aryl methyl sites for hydroxylation is 1. The van der Waals surface area contributed by atoms with Gasteiger partial charge in [0, 0.05) is 11.8 Å². The number of halogens is 2. The number of benzene rings is 2. The second kappa shape index (κ2) is 7.49. The van der Waals surface area contributed by atoms with Gasteiger partial charge in [-0.25, -0.2) is 13.6 Å². The lowest BCUT2D eigenvalue weighted by atomic mass is 10.1. The highest BCUT2D eigenvalue weighted by atomic mass is 19.1. The molecule has 0 aliphatic carbocycles. The first-order valence-corrected chi connectivity index (χ1v) is 7.00. The fourth-order valence-corrected chi connectivity index (χ4v) is 1.88. The topological polar surface area (TPSA) is 55.4 Å². The second-order valence-electron chi connectivity index (χ2n) is 4.80. The maximum absolute atomic E-state index is 13.4. The van der Waals surface area contributed by atoms with Crippen LogP contribution in [-0.2, 0) is 16.0 Å². The number of ether oxygens (including phenoxy) is 1. The normalized spacial score (nSPS) is 10.2. The number of amides is 1. The summed E-state index contributed by atoms with van der Waals surface area (Å²) in [6.45, 7) is 1.45. The Kier molecular flexibility index (Phi) is 5.41. The molecule has 0 bridgehead atoms. The van der Waals surface area contributed by atoms with Gasteiger partial charge in [-0.2, -0.15) is 0 Å². The van der Waals surface area contributed by atoms with Crippen LogP contribution >= 0.6 is 0 Å². The molecule has 0 radical (unpaired) electrons. The van der Waals surface area contributed by atoms with Crippen molar-refractivity contribution in [3.63, 3.8) is 0 Å². The maximum Gasteiger partial charge on any atom is 0.341 e. The van der Waals surface area contributed by atoms with Crippen LogP contribution in [0.5, 0.6) is 0 Å². The van der Waals surface area contributed by atoms with Gasteiger partial charge in [0.15, 0.2) is 6.61 Å². The van der Waals surface area contributed by atoms with Crippen molar-refractivity contribution in [2.24, 2.45) is 0 Å². The van der Waals surface area contributed by atoms with Gasteiger partial charge in [-0.15, -0.1) is 0 Å². The Morgan fingerprint density at radius 1 is 1.09 bits per heavy atom. The summed E-state index contributed by atoms with van der Waals surface area (Å²) in [7, 11) is 0. The van der Waals surface area contributed by atoms with Gasteiger partial charge in [0.25, 0.3) is 5.91 Å². The molecule has 0 atom stereocenters. The molecule has 0 aliphatic rings. The van der Waals surface area contributed by atoms with Crippen molar-refractivity contribution < 1.29 is 23.1 Å². The number of carbonyl (C=O) groups excluding carboxylic acids is 2. The fourth-order valence-electron chi connectivity index (χ4n) is 1.88. The standard InChI is InChI=1S/C17H15F2NO3/c1-2-11-3-6-13(7-4-11)20-16(21)10-23-17(22)14-8-5-12(18)9-15(14)19/h3-9H,2,10H2,1H3,(H,20,21). The zero-order valence-corrected chi connectivity index (χ0v) is 12.4. The number of esters is 1. The van der Waals surface area contributed by atoms with E-state index in [1.54, 1.807) is 12.1 Å². The van der Waals surface area contributed by atoms with Gasteiger partial charge in [0.2, 0.25) is 0 Å². The number of hydrogen-bond acceptors (Lipinski definition) is 3. The molecule has 4 nitrogen and oxygen atoms in total. The number of rotatable bonds is 5. The van der Waals surface area contributed by atoms with E-state index < -0.39 is 35.7 Å². The smallest absolute Gasteiger partial charge is 0.341 e. The van der Waals surface area contributed by atoms with Gasteiger partial charge >= 0.3 is 5.97 Å². The van der Waals surface area contributed by atoms with Gasteiger partial charge in [-0.05, 0) is 36.2 Å². The highest BCUT2D eigenvalue weighted by Gasteiger charge is 2.15. The first-order valence-electron chi connectivity index (χ1n) is 7.00. The number of hydrogen-bond donors (Lipinski definition) is 1. The zero-order chi connectivity index (χ0) is 16.8. The first kappa shape index (κ1) is 16.6. The summed E-state index contributed by atoms with van der Waals surface area (Å²) in [5, 5.41) is 2.55. The molecule has 0 saturated carbocycles. The molecular weight excluding hydrogens is 304 g/mol. The minimum absolute atomic E-state index is 0.425. The predicted octanol–water partition coefficient (Wildman–Crippen LogP) is 3.32. The van der Waals surface area contributed by atoms with Crippen LogP contribution in [0.1, 0.15) is 22.8 Å². The lowest BCUT2D eigenvalue weighted by molar-refractivity contribution is -0.119. The van der Waals surface area contributed by atoms with E-state index in [0.29, 0.717) is 11.8 Å². The average Bonchev–Trinajstić information content (AvgIpc) is 2.53. The molecule has 0 aliphatic heterocycles. The molecule has 120 valence electrons. The van der Waals surface area contributed by atoms with Crippen LogP contribution in [0, 0.1) is 11.6 Å². The van der Waals surface area contributed by atoms with E-state index in [-0.39, 0.29) is 0 Å². The number of carbonyl (C=O) groups is 2. The molecule has 0 fully saturated rings. The molecule has 23 heavy (non-hydrogen) atoms. The Balaban J connectivity index is 1.89. The van der Waals surface area contributed by atoms with Crippen molar-refractivity contribution in [1.29, 1.82) is 0 Å². The van der Waals surface area contributed by atoms with Crippen molar-refractivity contribution >= 4 is 17.6 Å². The summed E-state index contributed by atoms with van der Waals surface area (Å²) in [6, 6.07) is 9.69. The van der Waals surface area contributed by atoms with E-state index in [1.165, 1.54) is 0 Å². The van der Waals surface area contributed by atoms with Crippen molar-refractivity contribution in [3.05, 3.63) is 65.2 Å². The molecule has 0 heterocycles. The molecule has 1 N–H and O–H groups in total. The number of anilines is 1. The quantitative estimate of drug-likeness (QED) is 0.860. The van der Waals surface area contributed by atoms with Crippen molar-refractivity contribution in [1.82, 2.24) is 0 Å². The molecule has 2 aromatic carbocycles. The van der Waals surface area contributed by atoms with E-state index in [4.69, 9.17) is 4.74 Å². The Morgan fingerprint density at radius 3 is 2.39 bits per heavy atom. The zero-order valence-electron chi connectivity index (χ0n) is 12.4. The van der Waals surface area contributed by atoms with Gasteiger partial charge in [-0.1, -0.05) is 19.1 Å². The fraction of sp³-hybridized carbons (Fsp3) is 0.176. The van der Waals surface area contributed by atoms with Crippen molar-refractivity contribution in [3.8, 4) is 0 Å². The van der Waals surface area contributed by atoms with Gasteiger partial charge in [0.1, 0.15) is 11.6 Å². The minimum Gasteiger partial charge on any atom is -0.452 e. The molecule has 6 heteroatoms. The summed E-state index contributed by atoms with van der Waals surface area (Å²) < 4.78 is 30.9. The van der Waals surface area contributed by atoms with Crippen LogP contribution in [0.4, 0.5) is 14.5 Å². The highest BCUT2D eigenvalue weighted by Crippen LogP contribution is 2.12. The molecule has 0 spiro atoms.